The van der Waals surface area contributed by atoms with E-state index in [1.807, 2.05) is 0 Å². The van der Waals surface area contributed by atoms with Crippen molar-refractivity contribution in [2.24, 2.45) is 11.3 Å². The third kappa shape index (κ3) is 2.64. The van der Waals surface area contributed by atoms with Gasteiger partial charge < -0.3 is 10.0 Å². The number of hydrogen-bond donors (Lipinski definition) is 1. The maximum Gasteiger partial charge on any atom is 0.307 e. The van der Waals surface area contributed by atoms with Crippen LogP contribution in [0.4, 0.5) is 4.39 Å². The lowest BCUT2D eigenvalue weighted by Gasteiger charge is -2.32. The molecule has 4 nitrogen and oxygen atoms in total. The summed E-state index contributed by atoms with van der Waals surface area (Å²) in [7, 11) is 0. The van der Waals surface area contributed by atoms with Gasteiger partial charge in [0.15, 0.2) is 0 Å². The molecule has 2 aliphatic rings. The summed E-state index contributed by atoms with van der Waals surface area (Å²) in [5.41, 5.74) is 0.332. The predicted molar refractivity (Wildman–Crippen MR) is 74.1 cm³/mol. The average molecular weight is 291 g/mol. The lowest BCUT2D eigenvalue weighted by molar-refractivity contribution is -0.139. The Labute approximate surface area is 122 Å². The molecule has 1 spiro atoms. The molecule has 1 amide bonds. The zero-order valence-corrected chi connectivity index (χ0v) is 11.7. The lowest BCUT2D eigenvalue weighted by Crippen LogP contribution is -2.40. The largest absolute Gasteiger partial charge is 0.481 e. The van der Waals surface area contributed by atoms with Gasteiger partial charge in [-0.25, -0.2) is 4.39 Å². The Kier molecular flexibility index (Phi) is 3.43. The first-order valence-corrected chi connectivity index (χ1v) is 7.26. The van der Waals surface area contributed by atoms with Gasteiger partial charge in [0.25, 0.3) is 0 Å². The number of rotatable bonds is 3. The van der Waals surface area contributed by atoms with Crippen LogP contribution in [0.25, 0.3) is 0 Å². The minimum absolute atomic E-state index is 0.0715. The summed E-state index contributed by atoms with van der Waals surface area (Å²) in [5, 5.41) is 9.05. The van der Waals surface area contributed by atoms with Crippen molar-refractivity contribution in [3.63, 3.8) is 0 Å². The van der Waals surface area contributed by atoms with Gasteiger partial charge >= 0.3 is 5.97 Å². The molecule has 2 fully saturated rings. The molecule has 112 valence electrons. The number of carbonyl (C=O) groups is 2. The second-order valence-corrected chi connectivity index (χ2v) is 6.11. The molecule has 1 heterocycles. The number of carbonyl (C=O) groups excluding carboxylic acids is 1. The van der Waals surface area contributed by atoms with Crippen molar-refractivity contribution < 1.29 is 19.1 Å². The maximum atomic E-state index is 13.6. The van der Waals surface area contributed by atoms with Crippen molar-refractivity contribution >= 4 is 11.9 Å². The summed E-state index contributed by atoms with van der Waals surface area (Å²) >= 11 is 0. The summed E-state index contributed by atoms with van der Waals surface area (Å²) in [6, 6.07) is 6.31. The van der Waals surface area contributed by atoms with Crippen LogP contribution < -0.4 is 0 Å². The number of hydrogen-bond acceptors (Lipinski definition) is 2. The van der Waals surface area contributed by atoms with E-state index in [4.69, 9.17) is 5.11 Å². The first-order valence-electron chi connectivity index (χ1n) is 7.26. The smallest absolute Gasteiger partial charge is 0.307 e. The molecule has 3 rings (SSSR count). The van der Waals surface area contributed by atoms with Crippen molar-refractivity contribution in [3.05, 3.63) is 35.6 Å². The lowest BCUT2D eigenvalue weighted by atomic mass is 9.90. The van der Waals surface area contributed by atoms with Gasteiger partial charge in [-0.05, 0) is 36.3 Å². The SMILES string of the molecule is O=C(O)C1CC12CCN(C(=O)Cc1ccccc1F)CC2. The molecule has 1 N–H and O–H groups in total. The minimum atomic E-state index is -0.721. The van der Waals surface area contributed by atoms with E-state index < -0.39 is 5.97 Å². The molecule has 1 atom stereocenters. The zero-order valence-electron chi connectivity index (χ0n) is 11.7. The van der Waals surface area contributed by atoms with Crippen LogP contribution in [0.15, 0.2) is 24.3 Å². The fraction of sp³-hybridized carbons (Fsp3) is 0.500. The highest BCUT2D eigenvalue weighted by Gasteiger charge is 2.59. The van der Waals surface area contributed by atoms with E-state index in [0.29, 0.717) is 18.7 Å². The van der Waals surface area contributed by atoms with Crippen molar-refractivity contribution in [1.29, 1.82) is 0 Å². The molecule has 0 radical (unpaired) electrons. The molecule has 21 heavy (non-hydrogen) atoms. The van der Waals surface area contributed by atoms with E-state index >= 15 is 0 Å². The van der Waals surface area contributed by atoms with Gasteiger partial charge in [-0.1, -0.05) is 18.2 Å². The van der Waals surface area contributed by atoms with Crippen LogP contribution in [0.1, 0.15) is 24.8 Å². The van der Waals surface area contributed by atoms with E-state index in [0.717, 1.165) is 19.3 Å². The van der Waals surface area contributed by atoms with Crippen LogP contribution in [-0.4, -0.2) is 35.0 Å². The summed E-state index contributed by atoms with van der Waals surface area (Å²) in [5.74, 6) is -1.39. The van der Waals surface area contributed by atoms with Gasteiger partial charge in [0, 0.05) is 13.1 Å². The molecule has 1 aliphatic carbocycles. The Balaban J connectivity index is 1.57. The molecule has 1 saturated heterocycles. The number of amides is 1. The van der Waals surface area contributed by atoms with Crippen molar-refractivity contribution in [2.45, 2.75) is 25.7 Å². The number of nitrogens with zero attached hydrogens (tertiary/aromatic N) is 1. The van der Waals surface area contributed by atoms with Crippen molar-refractivity contribution in [3.8, 4) is 0 Å². The highest BCUT2D eigenvalue weighted by atomic mass is 19.1. The number of carboxylic acid groups (broad SMARTS) is 1. The Hall–Kier alpha value is -1.91. The van der Waals surface area contributed by atoms with Gasteiger partial charge in [-0.15, -0.1) is 0 Å². The third-order valence-corrected chi connectivity index (χ3v) is 4.90. The second-order valence-electron chi connectivity index (χ2n) is 6.11. The molecule has 1 unspecified atom stereocenters. The van der Waals surface area contributed by atoms with Gasteiger partial charge in [-0.2, -0.15) is 0 Å². The molecule has 1 aliphatic heterocycles. The van der Waals surface area contributed by atoms with Crippen LogP contribution in [0, 0.1) is 17.2 Å². The summed E-state index contributed by atoms with van der Waals surface area (Å²) < 4.78 is 13.6. The predicted octanol–water partition coefficient (Wildman–Crippen LogP) is 2.08. The molecule has 0 aromatic heterocycles. The van der Waals surface area contributed by atoms with E-state index in [9.17, 15) is 14.0 Å². The van der Waals surface area contributed by atoms with E-state index in [1.165, 1.54) is 6.07 Å². The van der Waals surface area contributed by atoms with Gasteiger partial charge in [-0.3, -0.25) is 9.59 Å². The van der Waals surface area contributed by atoms with Crippen LogP contribution >= 0.6 is 0 Å². The Bertz CT molecular complexity index is 579. The molecule has 0 bridgehead atoms. The maximum absolute atomic E-state index is 13.6. The number of piperidine rings is 1. The quantitative estimate of drug-likeness (QED) is 0.927. The number of likely N-dealkylation sites (tertiary alicyclic amines) is 1. The summed E-state index contributed by atoms with van der Waals surface area (Å²) in [6.07, 6.45) is 2.29. The standard InChI is InChI=1S/C16H18FNO3/c17-13-4-2-1-3-11(13)9-14(19)18-7-5-16(6-8-18)10-12(16)15(20)21/h1-4,12H,5-10H2,(H,20,21). The highest BCUT2D eigenvalue weighted by Crippen LogP contribution is 2.59. The average Bonchev–Trinajstić information content (AvgIpc) is 3.16. The monoisotopic (exact) mass is 291 g/mol. The fourth-order valence-corrected chi connectivity index (χ4v) is 3.37. The normalized spacial score (nSPS) is 23.1. The summed E-state index contributed by atoms with van der Waals surface area (Å²) in [6.45, 7) is 1.16. The van der Waals surface area contributed by atoms with Crippen LogP contribution in [0.5, 0.6) is 0 Å². The third-order valence-electron chi connectivity index (χ3n) is 4.90. The summed E-state index contributed by atoms with van der Waals surface area (Å²) in [4.78, 5) is 24.9. The Morgan fingerprint density at radius 3 is 2.52 bits per heavy atom. The topological polar surface area (TPSA) is 57.6 Å². The molecular formula is C16H18FNO3. The van der Waals surface area contributed by atoms with E-state index in [-0.39, 0.29) is 29.5 Å². The molecule has 5 heteroatoms. The Morgan fingerprint density at radius 2 is 1.95 bits per heavy atom. The first kappa shape index (κ1) is 14.0. The Morgan fingerprint density at radius 1 is 1.29 bits per heavy atom. The van der Waals surface area contributed by atoms with Crippen molar-refractivity contribution in [2.75, 3.05) is 13.1 Å². The zero-order chi connectivity index (χ0) is 15.0. The van der Waals surface area contributed by atoms with Gasteiger partial charge in [0.05, 0.1) is 12.3 Å². The second kappa shape index (κ2) is 5.13. The van der Waals surface area contributed by atoms with Crippen LogP contribution in [0.2, 0.25) is 0 Å². The molecule has 1 aromatic rings. The van der Waals surface area contributed by atoms with Crippen LogP contribution in [-0.2, 0) is 16.0 Å². The molecular weight excluding hydrogens is 273 g/mol. The number of aliphatic carboxylic acids is 1. The van der Waals surface area contributed by atoms with Crippen LogP contribution in [0.3, 0.4) is 0 Å². The highest BCUT2D eigenvalue weighted by molar-refractivity contribution is 5.79. The van der Waals surface area contributed by atoms with E-state index in [1.54, 1.807) is 23.1 Å². The van der Waals surface area contributed by atoms with Gasteiger partial charge in [0.2, 0.25) is 5.91 Å². The molecule has 1 aromatic carbocycles. The molecule has 1 saturated carbocycles. The number of halogens is 1. The number of carboxylic acids is 1. The van der Waals surface area contributed by atoms with E-state index in [2.05, 4.69) is 0 Å². The minimum Gasteiger partial charge on any atom is -0.481 e. The van der Waals surface area contributed by atoms with Gasteiger partial charge in [0.1, 0.15) is 5.82 Å². The number of benzene rings is 1. The first-order chi connectivity index (χ1) is 10.0. The van der Waals surface area contributed by atoms with Crippen molar-refractivity contribution in [1.82, 2.24) is 4.90 Å². The fourth-order valence-electron chi connectivity index (χ4n) is 3.37.